The van der Waals surface area contributed by atoms with E-state index in [4.69, 9.17) is 4.74 Å². The average Bonchev–Trinajstić information content (AvgIpc) is 2.19. The topological polar surface area (TPSA) is 42.1 Å². The number of aromatic amines is 1. The molecule has 1 atom stereocenters. The van der Waals surface area contributed by atoms with Gasteiger partial charge >= 0.3 is 0 Å². The Balaban J connectivity index is 2.19. The molecule has 0 amide bonds. The second kappa shape index (κ2) is 3.75. The zero-order valence-corrected chi connectivity index (χ0v) is 7.45. The second-order valence-electron chi connectivity index (χ2n) is 3.40. The highest BCUT2D eigenvalue weighted by Gasteiger charge is 2.15. The molecule has 0 radical (unpaired) electrons. The molecule has 3 nitrogen and oxygen atoms in total. The van der Waals surface area contributed by atoms with Gasteiger partial charge < -0.3 is 9.72 Å². The van der Waals surface area contributed by atoms with Crippen molar-refractivity contribution < 1.29 is 4.74 Å². The first-order valence-electron chi connectivity index (χ1n) is 4.62. The number of aromatic nitrogens is 1. The van der Waals surface area contributed by atoms with E-state index < -0.39 is 0 Å². The van der Waals surface area contributed by atoms with Gasteiger partial charge in [-0.2, -0.15) is 0 Å². The molecule has 1 aliphatic heterocycles. The number of nitrogens with one attached hydrogen (secondary N) is 1. The number of hydrogen-bond acceptors (Lipinski definition) is 2. The maximum Gasteiger partial charge on any atom is 0.248 e. The first-order chi connectivity index (χ1) is 6.36. The van der Waals surface area contributed by atoms with E-state index in [1.807, 2.05) is 6.07 Å². The Morgan fingerprint density at radius 1 is 1.54 bits per heavy atom. The largest absolute Gasteiger partial charge is 0.381 e. The smallest absolute Gasteiger partial charge is 0.248 e. The molecule has 0 saturated carbocycles. The Hall–Kier alpha value is -1.09. The number of pyridine rings is 1. The van der Waals surface area contributed by atoms with Crippen molar-refractivity contribution in [2.75, 3.05) is 13.2 Å². The molecule has 1 aromatic heterocycles. The lowest BCUT2D eigenvalue weighted by atomic mass is 9.95. The Kier molecular flexibility index (Phi) is 2.45. The van der Waals surface area contributed by atoms with Gasteiger partial charge in [-0.15, -0.1) is 0 Å². The maximum absolute atomic E-state index is 11.0. The van der Waals surface area contributed by atoms with Crippen molar-refractivity contribution in [3.05, 3.63) is 34.2 Å². The van der Waals surface area contributed by atoms with Gasteiger partial charge in [0.25, 0.3) is 0 Å². The Morgan fingerprint density at radius 2 is 2.46 bits per heavy atom. The third-order valence-electron chi connectivity index (χ3n) is 2.43. The van der Waals surface area contributed by atoms with E-state index in [1.165, 1.54) is 0 Å². The van der Waals surface area contributed by atoms with Gasteiger partial charge in [0, 0.05) is 24.8 Å². The molecule has 0 spiro atoms. The lowest BCUT2D eigenvalue weighted by molar-refractivity contribution is 0.0804. The summed E-state index contributed by atoms with van der Waals surface area (Å²) in [5.74, 6) is 0.413. The lowest BCUT2D eigenvalue weighted by Gasteiger charge is -2.21. The minimum Gasteiger partial charge on any atom is -0.381 e. The van der Waals surface area contributed by atoms with Crippen LogP contribution in [0, 0.1) is 0 Å². The zero-order chi connectivity index (χ0) is 9.10. The molecule has 0 bridgehead atoms. The minimum absolute atomic E-state index is 0.0249. The van der Waals surface area contributed by atoms with Gasteiger partial charge in [0.2, 0.25) is 5.56 Å². The van der Waals surface area contributed by atoms with Crippen LogP contribution in [0.4, 0.5) is 0 Å². The molecule has 1 N–H and O–H groups in total. The van der Waals surface area contributed by atoms with Crippen LogP contribution >= 0.6 is 0 Å². The fourth-order valence-electron chi connectivity index (χ4n) is 1.72. The summed E-state index contributed by atoms with van der Waals surface area (Å²) in [5, 5.41) is 0. The number of rotatable bonds is 1. The van der Waals surface area contributed by atoms with Gasteiger partial charge in [-0.1, -0.05) is 0 Å². The molecule has 0 aromatic carbocycles. The van der Waals surface area contributed by atoms with Crippen LogP contribution < -0.4 is 5.56 Å². The highest BCUT2D eigenvalue weighted by Crippen LogP contribution is 2.23. The van der Waals surface area contributed by atoms with Crippen molar-refractivity contribution >= 4 is 0 Å². The average molecular weight is 179 g/mol. The third kappa shape index (κ3) is 1.98. The van der Waals surface area contributed by atoms with Crippen LogP contribution in [0.25, 0.3) is 0 Å². The molecule has 13 heavy (non-hydrogen) atoms. The van der Waals surface area contributed by atoms with Gasteiger partial charge in [0.15, 0.2) is 0 Å². The molecular weight excluding hydrogens is 166 g/mol. The summed E-state index contributed by atoms with van der Waals surface area (Å²) in [6.07, 6.45) is 3.92. The summed E-state index contributed by atoms with van der Waals surface area (Å²) in [6.45, 7) is 1.61. The van der Waals surface area contributed by atoms with Crippen LogP contribution in [-0.2, 0) is 4.74 Å². The maximum atomic E-state index is 11.0. The number of H-pyrrole nitrogens is 1. The van der Waals surface area contributed by atoms with Gasteiger partial charge in [-0.3, -0.25) is 4.79 Å². The highest BCUT2D eigenvalue weighted by atomic mass is 16.5. The quantitative estimate of drug-likeness (QED) is 0.705. The minimum atomic E-state index is -0.0249. The first kappa shape index (κ1) is 8.51. The summed E-state index contributed by atoms with van der Waals surface area (Å²) in [7, 11) is 0. The predicted octanol–water partition coefficient (Wildman–Crippen LogP) is 1.27. The van der Waals surface area contributed by atoms with Crippen molar-refractivity contribution in [3.8, 4) is 0 Å². The van der Waals surface area contributed by atoms with Crippen LogP contribution in [-0.4, -0.2) is 18.2 Å². The van der Waals surface area contributed by atoms with Gasteiger partial charge in [-0.05, 0) is 24.5 Å². The van der Waals surface area contributed by atoms with E-state index in [1.54, 1.807) is 12.3 Å². The molecule has 2 rings (SSSR count). The zero-order valence-electron chi connectivity index (χ0n) is 7.45. The summed E-state index contributed by atoms with van der Waals surface area (Å²) < 4.78 is 5.36. The Labute approximate surface area is 76.7 Å². The second-order valence-corrected chi connectivity index (χ2v) is 3.40. The first-order valence-corrected chi connectivity index (χ1v) is 4.62. The molecule has 1 saturated heterocycles. The van der Waals surface area contributed by atoms with Gasteiger partial charge in [0.05, 0.1) is 6.61 Å². The van der Waals surface area contributed by atoms with Crippen LogP contribution in [0.15, 0.2) is 23.1 Å². The van der Waals surface area contributed by atoms with Crippen LogP contribution in [0.5, 0.6) is 0 Å². The summed E-state index contributed by atoms with van der Waals surface area (Å²) in [4.78, 5) is 13.7. The molecule has 70 valence electrons. The van der Waals surface area contributed by atoms with Crippen molar-refractivity contribution in [2.24, 2.45) is 0 Å². The van der Waals surface area contributed by atoms with Crippen molar-refractivity contribution in [1.29, 1.82) is 0 Å². The van der Waals surface area contributed by atoms with E-state index in [2.05, 4.69) is 4.98 Å². The number of ether oxygens (including phenoxy) is 1. The summed E-state index contributed by atoms with van der Waals surface area (Å²) in [5.41, 5.74) is 1.08. The van der Waals surface area contributed by atoms with Crippen molar-refractivity contribution in [3.63, 3.8) is 0 Å². The van der Waals surface area contributed by atoms with Crippen LogP contribution in [0.3, 0.4) is 0 Å². The van der Waals surface area contributed by atoms with E-state index in [0.717, 1.165) is 31.6 Å². The molecule has 0 aliphatic carbocycles. The predicted molar refractivity (Wildman–Crippen MR) is 49.9 cm³/mol. The van der Waals surface area contributed by atoms with E-state index >= 15 is 0 Å². The van der Waals surface area contributed by atoms with E-state index in [-0.39, 0.29) is 5.56 Å². The fourth-order valence-corrected chi connectivity index (χ4v) is 1.72. The van der Waals surface area contributed by atoms with E-state index in [9.17, 15) is 4.79 Å². The van der Waals surface area contributed by atoms with Gasteiger partial charge in [-0.25, -0.2) is 0 Å². The van der Waals surface area contributed by atoms with Crippen LogP contribution in [0.1, 0.15) is 24.3 Å². The lowest BCUT2D eigenvalue weighted by Crippen LogP contribution is -2.17. The number of hydrogen-bond donors (Lipinski definition) is 1. The van der Waals surface area contributed by atoms with Crippen molar-refractivity contribution in [1.82, 2.24) is 4.98 Å². The fraction of sp³-hybridized carbons (Fsp3) is 0.500. The van der Waals surface area contributed by atoms with E-state index in [0.29, 0.717) is 5.92 Å². The monoisotopic (exact) mass is 179 g/mol. The molecule has 1 unspecified atom stereocenters. The molecule has 2 heterocycles. The SMILES string of the molecule is O=c1cc(C2CCCOC2)cc[nH]1. The highest BCUT2D eigenvalue weighted by molar-refractivity contribution is 5.16. The molecule has 1 aromatic rings. The molecule has 1 fully saturated rings. The molecular formula is C10H13NO2. The van der Waals surface area contributed by atoms with Gasteiger partial charge in [0.1, 0.15) is 0 Å². The van der Waals surface area contributed by atoms with Crippen LogP contribution in [0.2, 0.25) is 0 Å². The molecule has 3 heteroatoms. The Bertz CT molecular complexity index is 326. The summed E-state index contributed by atoms with van der Waals surface area (Å²) >= 11 is 0. The van der Waals surface area contributed by atoms with Crippen molar-refractivity contribution in [2.45, 2.75) is 18.8 Å². The normalized spacial score (nSPS) is 22.9. The third-order valence-corrected chi connectivity index (χ3v) is 2.43. The Morgan fingerprint density at radius 3 is 3.15 bits per heavy atom. The summed E-state index contributed by atoms with van der Waals surface area (Å²) in [6, 6.07) is 3.63. The molecule has 1 aliphatic rings. The standard InChI is InChI=1S/C10H13NO2/c12-10-6-8(3-4-11-10)9-2-1-5-13-7-9/h3-4,6,9H,1-2,5,7H2,(H,11,12).